The predicted molar refractivity (Wildman–Crippen MR) is 75.8 cm³/mol. The number of carbonyl (C=O) groups excluding carboxylic acids is 1. The standard InChI is InChI=1S/C16H23NO2/c1-2-19-15(18)16(12-17,11-10-13-8-9-13)14-6-4-3-5-7-14/h3-7,13H,2,8-12,17H2,1H3. The molecule has 0 amide bonds. The summed E-state index contributed by atoms with van der Waals surface area (Å²) in [6.07, 6.45) is 4.43. The molecule has 1 aromatic carbocycles. The summed E-state index contributed by atoms with van der Waals surface area (Å²) >= 11 is 0. The first-order chi connectivity index (χ1) is 9.23. The maximum absolute atomic E-state index is 12.4. The molecule has 1 unspecified atom stereocenters. The second kappa shape index (κ2) is 6.20. The van der Waals surface area contributed by atoms with Crippen LogP contribution in [-0.4, -0.2) is 19.1 Å². The first-order valence-corrected chi connectivity index (χ1v) is 7.15. The van der Waals surface area contributed by atoms with Gasteiger partial charge in [0.2, 0.25) is 0 Å². The largest absolute Gasteiger partial charge is 0.465 e. The van der Waals surface area contributed by atoms with Crippen molar-refractivity contribution in [3.63, 3.8) is 0 Å². The third-order valence-electron chi connectivity index (χ3n) is 4.02. The average molecular weight is 261 g/mol. The molecule has 3 heteroatoms. The average Bonchev–Trinajstić information content (AvgIpc) is 3.26. The van der Waals surface area contributed by atoms with Gasteiger partial charge in [0, 0.05) is 6.54 Å². The number of carbonyl (C=O) groups is 1. The molecule has 1 aliphatic rings. The molecule has 0 saturated heterocycles. The summed E-state index contributed by atoms with van der Waals surface area (Å²) in [5, 5.41) is 0. The van der Waals surface area contributed by atoms with Crippen molar-refractivity contribution in [2.24, 2.45) is 11.7 Å². The van der Waals surface area contributed by atoms with Crippen molar-refractivity contribution in [2.75, 3.05) is 13.2 Å². The molecule has 1 atom stereocenters. The molecule has 1 saturated carbocycles. The smallest absolute Gasteiger partial charge is 0.317 e. The van der Waals surface area contributed by atoms with Crippen LogP contribution in [0.15, 0.2) is 30.3 Å². The van der Waals surface area contributed by atoms with Gasteiger partial charge >= 0.3 is 5.97 Å². The summed E-state index contributed by atoms with van der Waals surface area (Å²) in [6, 6.07) is 9.83. The summed E-state index contributed by atoms with van der Waals surface area (Å²) in [5.74, 6) is 0.605. The summed E-state index contributed by atoms with van der Waals surface area (Å²) in [6.45, 7) is 2.55. The molecule has 0 spiro atoms. The van der Waals surface area contributed by atoms with Gasteiger partial charge < -0.3 is 10.5 Å². The summed E-state index contributed by atoms with van der Waals surface area (Å²) < 4.78 is 5.29. The Morgan fingerprint density at radius 3 is 2.58 bits per heavy atom. The van der Waals surface area contributed by atoms with Gasteiger partial charge in [-0.05, 0) is 31.2 Å². The fraction of sp³-hybridized carbons (Fsp3) is 0.562. The van der Waals surface area contributed by atoms with E-state index in [1.807, 2.05) is 37.3 Å². The Bertz CT molecular complexity index is 414. The summed E-state index contributed by atoms with van der Waals surface area (Å²) in [5.41, 5.74) is 6.29. The Kier molecular flexibility index (Phi) is 4.59. The number of benzene rings is 1. The Labute approximate surface area is 115 Å². The predicted octanol–water partition coefficient (Wildman–Crippen LogP) is 2.64. The van der Waals surface area contributed by atoms with Gasteiger partial charge in [-0.2, -0.15) is 0 Å². The quantitative estimate of drug-likeness (QED) is 0.768. The van der Waals surface area contributed by atoms with Crippen LogP contribution in [-0.2, 0) is 14.9 Å². The van der Waals surface area contributed by atoms with Crippen molar-refractivity contribution in [1.82, 2.24) is 0 Å². The van der Waals surface area contributed by atoms with Gasteiger partial charge in [0.25, 0.3) is 0 Å². The molecule has 0 bridgehead atoms. The van der Waals surface area contributed by atoms with Crippen LogP contribution in [0, 0.1) is 5.92 Å². The lowest BCUT2D eigenvalue weighted by atomic mass is 9.76. The molecule has 19 heavy (non-hydrogen) atoms. The molecule has 0 heterocycles. The first-order valence-electron chi connectivity index (χ1n) is 7.15. The number of esters is 1. The maximum Gasteiger partial charge on any atom is 0.317 e. The highest BCUT2D eigenvalue weighted by Gasteiger charge is 2.41. The number of rotatable bonds is 7. The monoisotopic (exact) mass is 261 g/mol. The van der Waals surface area contributed by atoms with Crippen molar-refractivity contribution < 1.29 is 9.53 Å². The molecule has 1 aromatic rings. The SMILES string of the molecule is CCOC(=O)C(CN)(CCC1CC1)c1ccccc1. The Balaban J connectivity index is 2.25. The minimum absolute atomic E-state index is 0.177. The van der Waals surface area contributed by atoms with Crippen LogP contribution in [0.1, 0.15) is 38.2 Å². The fourth-order valence-corrected chi connectivity index (χ4v) is 2.55. The van der Waals surface area contributed by atoms with Crippen molar-refractivity contribution in [1.29, 1.82) is 0 Å². The number of ether oxygens (including phenoxy) is 1. The molecule has 1 aliphatic carbocycles. The molecule has 3 nitrogen and oxygen atoms in total. The topological polar surface area (TPSA) is 52.3 Å². The highest BCUT2D eigenvalue weighted by Crippen LogP contribution is 2.39. The lowest BCUT2D eigenvalue weighted by Gasteiger charge is -2.30. The van der Waals surface area contributed by atoms with E-state index in [9.17, 15) is 4.79 Å². The molecular weight excluding hydrogens is 238 g/mol. The Morgan fingerprint density at radius 1 is 1.37 bits per heavy atom. The van der Waals surface area contributed by atoms with Gasteiger partial charge in [-0.25, -0.2) is 0 Å². The van der Waals surface area contributed by atoms with Crippen molar-refractivity contribution in [3.05, 3.63) is 35.9 Å². The molecule has 2 N–H and O–H groups in total. The molecule has 0 aromatic heterocycles. The highest BCUT2D eigenvalue weighted by molar-refractivity contribution is 5.83. The van der Waals surface area contributed by atoms with E-state index in [4.69, 9.17) is 10.5 Å². The van der Waals surface area contributed by atoms with Crippen LogP contribution in [0.4, 0.5) is 0 Å². The zero-order chi connectivity index (χ0) is 13.7. The Morgan fingerprint density at radius 2 is 2.05 bits per heavy atom. The van der Waals surface area contributed by atoms with E-state index in [-0.39, 0.29) is 5.97 Å². The molecule has 2 rings (SSSR count). The number of hydrogen-bond acceptors (Lipinski definition) is 3. The molecule has 104 valence electrons. The molecule has 0 radical (unpaired) electrons. The van der Waals surface area contributed by atoms with E-state index in [0.29, 0.717) is 13.2 Å². The van der Waals surface area contributed by atoms with Gasteiger partial charge in [-0.3, -0.25) is 4.79 Å². The van der Waals surface area contributed by atoms with Crippen molar-refractivity contribution in [3.8, 4) is 0 Å². The Hall–Kier alpha value is -1.35. The summed E-state index contributed by atoms with van der Waals surface area (Å²) in [7, 11) is 0. The fourth-order valence-electron chi connectivity index (χ4n) is 2.55. The molecule has 1 fully saturated rings. The van der Waals surface area contributed by atoms with Gasteiger partial charge in [-0.1, -0.05) is 43.2 Å². The lowest BCUT2D eigenvalue weighted by Crippen LogP contribution is -2.44. The van der Waals surface area contributed by atoms with Crippen LogP contribution in [0.2, 0.25) is 0 Å². The van der Waals surface area contributed by atoms with E-state index in [1.165, 1.54) is 12.8 Å². The third kappa shape index (κ3) is 3.16. The van der Waals surface area contributed by atoms with Crippen LogP contribution in [0.5, 0.6) is 0 Å². The van der Waals surface area contributed by atoms with E-state index in [2.05, 4.69) is 0 Å². The van der Waals surface area contributed by atoms with Gasteiger partial charge in [0.15, 0.2) is 0 Å². The maximum atomic E-state index is 12.4. The van der Waals surface area contributed by atoms with Crippen LogP contribution < -0.4 is 5.73 Å². The number of hydrogen-bond donors (Lipinski definition) is 1. The minimum Gasteiger partial charge on any atom is -0.465 e. The van der Waals surface area contributed by atoms with Gasteiger partial charge in [0.1, 0.15) is 5.41 Å². The second-order valence-electron chi connectivity index (χ2n) is 5.35. The van der Waals surface area contributed by atoms with Gasteiger partial charge in [-0.15, -0.1) is 0 Å². The van der Waals surface area contributed by atoms with Gasteiger partial charge in [0.05, 0.1) is 6.61 Å². The molecular formula is C16H23NO2. The normalized spacial score (nSPS) is 17.8. The zero-order valence-electron chi connectivity index (χ0n) is 11.6. The van der Waals surface area contributed by atoms with Crippen LogP contribution in [0.3, 0.4) is 0 Å². The highest BCUT2D eigenvalue weighted by atomic mass is 16.5. The zero-order valence-corrected chi connectivity index (χ0v) is 11.6. The minimum atomic E-state index is -0.667. The van der Waals surface area contributed by atoms with E-state index >= 15 is 0 Å². The number of nitrogens with two attached hydrogens (primary N) is 1. The first kappa shape index (κ1) is 14.1. The second-order valence-corrected chi connectivity index (χ2v) is 5.35. The summed E-state index contributed by atoms with van der Waals surface area (Å²) in [4.78, 5) is 12.4. The van der Waals surface area contributed by atoms with Crippen molar-refractivity contribution >= 4 is 5.97 Å². The van der Waals surface area contributed by atoms with Crippen LogP contribution in [0.25, 0.3) is 0 Å². The van der Waals surface area contributed by atoms with E-state index in [0.717, 1.165) is 24.3 Å². The third-order valence-corrected chi connectivity index (χ3v) is 4.02. The lowest BCUT2D eigenvalue weighted by molar-refractivity contribution is -0.150. The van der Waals surface area contributed by atoms with E-state index < -0.39 is 5.41 Å². The van der Waals surface area contributed by atoms with E-state index in [1.54, 1.807) is 0 Å². The van der Waals surface area contributed by atoms with Crippen LogP contribution >= 0.6 is 0 Å². The van der Waals surface area contributed by atoms with Crippen molar-refractivity contribution in [2.45, 2.75) is 38.0 Å². The molecule has 0 aliphatic heterocycles.